The van der Waals surface area contributed by atoms with Gasteiger partial charge in [0, 0.05) is 66.0 Å². The van der Waals surface area contributed by atoms with Crippen molar-refractivity contribution in [1.82, 2.24) is 90.4 Å². The number of carbonyl (C=O) groups excluding carboxylic acids is 17. The van der Waals surface area contributed by atoms with E-state index < -0.39 is 236 Å². The van der Waals surface area contributed by atoms with Crippen molar-refractivity contribution < 1.29 is 107 Å². The third kappa shape index (κ3) is 25.4. The number of primary amides is 1. The second-order valence-corrected chi connectivity index (χ2v) is 56.5. The summed E-state index contributed by atoms with van der Waals surface area (Å²) in [5.41, 5.74) is 0.402. The number of nitrogens with one attached hydrogen (secondary N) is 11. The largest absolute Gasteiger partial charge is 0.363 e. The van der Waals surface area contributed by atoms with E-state index in [1.807, 2.05) is 76.2 Å². The van der Waals surface area contributed by atoms with Crippen LogP contribution in [0.2, 0.25) is 0 Å². The van der Waals surface area contributed by atoms with Crippen molar-refractivity contribution >= 4 is 131 Å². The lowest BCUT2D eigenvalue weighted by Gasteiger charge is -2.39. The molecule has 45 heteroatoms. The molecule has 13 rings (SSSR count). The summed E-state index contributed by atoms with van der Waals surface area (Å²) in [6, 6.07) is -1.68. The van der Waals surface area contributed by atoms with Crippen LogP contribution in [0, 0.1) is 96.1 Å². The topological polar surface area (TPSA) is 574 Å². The Balaban J connectivity index is 0.000000214. The molecule has 832 valence electrons. The predicted octanol–water partition coefficient (Wildman–Crippen LogP) is 5.46. The van der Waals surface area contributed by atoms with Crippen molar-refractivity contribution in [3.63, 3.8) is 0 Å². The Morgan fingerprint density at radius 3 is 1.05 bits per heavy atom. The first-order chi connectivity index (χ1) is 69.0. The first-order valence-electron chi connectivity index (χ1n) is 52.1. The minimum Gasteiger partial charge on any atom is -0.363 e. The maximum absolute atomic E-state index is 14.4. The fraction of sp³-hybridized carbons (Fsp3) is 0.705. The second-order valence-electron chi connectivity index (χ2n) is 50.8. The predicted molar refractivity (Wildman–Crippen MR) is 557 cm³/mol. The van der Waals surface area contributed by atoms with E-state index in [2.05, 4.69) is 78.9 Å². The monoisotopic (exact) mass is 2150 g/mol. The molecule has 2 aromatic carbocycles. The van der Waals surface area contributed by atoms with Gasteiger partial charge in [-0.25, -0.2) is 39.8 Å². The van der Waals surface area contributed by atoms with Crippen LogP contribution in [0.3, 0.4) is 0 Å². The van der Waals surface area contributed by atoms with Crippen LogP contribution in [0.1, 0.15) is 252 Å². The van der Waals surface area contributed by atoms with Crippen LogP contribution >= 0.6 is 0 Å². The molecule has 6 heterocycles. The summed E-state index contributed by atoms with van der Waals surface area (Å²) in [4.78, 5) is 232. The number of ketones is 3. The summed E-state index contributed by atoms with van der Waals surface area (Å²) >= 11 is 0. The number of sulfonamides is 2. The molecule has 13 N–H and O–H groups in total. The zero-order valence-corrected chi connectivity index (χ0v) is 94.4. The van der Waals surface area contributed by atoms with Crippen molar-refractivity contribution in [2.24, 2.45) is 102 Å². The molecule has 5 aliphatic carbocycles. The number of benzene rings is 2. The SMILES string of the molecule is C=CCNC(=O)C(=O)C(CCC)NC(=O)[C@@H]1[C@@H]2[C@H](CN1C(=O)[C@@H](NC(=O)N[C@H](CN1C(=O)c3ccccc3S1(=O)=O)C(C)(C)C)C(C)(C)C)C2(C)C.CC(C)(C)[C@H](NC(=O)N[C@H](CN1C(=O)c2ccccc2S1(=O)=O)C(C)(C)C)C(=O)N1C[C@H]2[C@@H]([C@H]1C(=O)NC(CC1CCC1)C(=O)C(N)=O)C2(C)C.CNC(=O)C(=O)C(CC1CC1)NC(=O)[C@@H]1[C@@H]2[C@H](CN1C(=O)[C@@H](NC(=O)N[C@H](CN1CCN(C)S1(=O)=O)C(C)(C)C)C(C)(C)C)C2(C)C. The molecule has 42 nitrogen and oxygen atoms in total. The number of hydrogen-bond donors (Lipinski definition) is 12. The number of urea groups is 3. The quantitative estimate of drug-likeness (QED) is 0.0301. The first kappa shape index (κ1) is 119. The number of fused-ring (bicyclic) bond motifs is 5. The highest BCUT2D eigenvalue weighted by Gasteiger charge is 2.73. The minimum absolute atomic E-state index is 0.00667. The molecular weight excluding hydrogens is 1990 g/mol. The molecule has 0 aromatic heterocycles. The fourth-order valence-corrected chi connectivity index (χ4v) is 26.6. The molecular formula is C105H161N19O23S3. The lowest BCUT2D eigenvalue weighted by Crippen LogP contribution is -2.63. The van der Waals surface area contributed by atoms with Crippen molar-refractivity contribution in [2.75, 3.05) is 73.0 Å². The van der Waals surface area contributed by atoms with Crippen LogP contribution in [0.5, 0.6) is 0 Å². The molecule has 0 spiro atoms. The van der Waals surface area contributed by atoms with E-state index in [1.54, 1.807) is 95.2 Å². The smallest absolute Gasteiger partial charge is 0.315 e. The number of hydrogen-bond acceptors (Lipinski definition) is 23. The van der Waals surface area contributed by atoms with Crippen LogP contribution in [-0.4, -0.2) is 303 Å². The number of rotatable bonds is 35. The number of Topliss-reactive ketones (excluding diaryl/α,β-unsaturated/α-hetero) is 3. The number of amides is 17. The van der Waals surface area contributed by atoms with E-state index in [0.29, 0.717) is 38.9 Å². The number of likely N-dealkylation sites (tertiary alicyclic amines) is 3. The van der Waals surface area contributed by atoms with Crippen LogP contribution in [0.4, 0.5) is 14.4 Å². The molecule has 9 fully saturated rings. The molecule has 17 amide bonds. The lowest BCUT2D eigenvalue weighted by molar-refractivity contribution is -0.145. The molecule has 3 unspecified atom stereocenters. The highest BCUT2D eigenvalue weighted by atomic mass is 32.2. The molecule has 11 aliphatic rings. The normalized spacial score (nSPS) is 25.1. The lowest BCUT2D eigenvalue weighted by atomic mass is 9.80. The average Bonchev–Trinajstić information content (AvgIpc) is 1.53. The van der Waals surface area contributed by atoms with Gasteiger partial charge in [-0.15, -0.1) is 6.58 Å². The Hall–Kier alpha value is -11.1. The van der Waals surface area contributed by atoms with Crippen LogP contribution in [-0.2, 0) is 87.8 Å². The van der Waals surface area contributed by atoms with Gasteiger partial charge in [-0.05, 0) is 140 Å². The molecule has 4 saturated heterocycles. The molecule has 0 radical (unpaired) electrons. The van der Waals surface area contributed by atoms with E-state index in [0.717, 1.165) is 40.7 Å². The highest BCUT2D eigenvalue weighted by Crippen LogP contribution is 2.67. The van der Waals surface area contributed by atoms with Gasteiger partial charge in [0.2, 0.25) is 52.8 Å². The Bertz CT molecular complexity index is 6000. The third-order valence-corrected chi connectivity index (χ3v) is 38.2. The number of nitrogens with zero attached hydrogens (tertiary/aromatic N) is 7. The van der Waals surface area contributed by atoms with Gasteiger partial charge in [0.1, 0.15) is 46.0 Å². The van der Waals surface area contributed by atoms with Gasteiger partial charge in [0.15, 0.2) is 0 Å². The first-order valence-corrected chi connectivity index (χ1v) is 56.4. The molecule has 0 bridgehead atoms. The van der Waals surface area contributed by atoms with Crippen molar-refractivity contribution in [3.8, 4) is 0 Å². The second kappa shape index (κ2) is 43.8. The minimum atomic E-state index is -4.14. The Morgan fingerprint density at radius 2 is 0.767 bits per heavy atom. The fourth-order valence-electron chi connectivity index (χ4n) is 22.1. The number of nitrogens with two attached hydrogens (primary N) is 1. The van der Waals surface area contributed by atoms with Crippen LogP contribution in [0.25, 0.3) is 0 Å². The molecule has 18 atom stereocenters. The standard InChI is InChI=1S/C37H54N6O8S.C36H52N6O8S.C32H55N7O7S/c1-11-15-23(28(44)31(46)38-18-12-2)39-30(45)27-26-22(37(26,9)10)19-42(27)33(48)29(36(6,7)8)41-34(49)40-25(35(3,4)5)20-43-32(47)21-16-13-14-17-24(21)52(43,50)51;1-34(2,3)24(18-42-31(46)20-14-9-10-15-23(20)51(42,49)50)39-33(48)40-28(35(4,5)6)32(47)41-17-21-25(36(21,7)8)26(41)30(45)38-22(27(43)29(37)44)16-19-12-11-13-19;1-30(2,3)21(17-38-14-13-37(10)47(38,45)46)35-29(44)36-25(31(4,5)6)28(43)39-16-19-22(32(19,7)8)23(39)26(41)34-20(15-18-11-12-18)24(40)27(42)33-9/h12-14,16-17,22-23,25-27,29H,2,11,15,18-20H2,1,3-10H3,(H,38,46)(H,39,45)(H2,40,41,49);9-10,14-15,19,21-22,24-26,28H,11-13,16-18H2,1-8H3,(H2,37,44)(H,38,45)(H2,39,40,48);18-23,25H,11-17H2,1-10H3,(H,33,42)(H,34,41)(H2,35,36,44)/t22-,23?,25+,26-,27-,29+;21-,22?,24+,25-,26-,28+;19-,20?,21+,22-,23-,25+/m000/s1. The van der Waals surface area contributed by atoms with Crippen molar-refractivity contribution in [1.29, 1.82) is 0 Å². The zero-order valence-electron chi connectivity index (χ0n) is 92.0. The molecule has 150 heavy (non-hydrogen) atoms. The summed E-state index contributed by atoms with van der Waals surface area (Å²) in [5, 5.41) is 30.2. The highest BCUT2D eigenvalue weighted by molar-refractivity contribution is 7.90. The average molecular weight is 2150 g/mol. The Morgan fingerprint density at radius 1 is 0.440 bits per heavy atom. The molecule has 5 saturated carbocycles. The molecule has 6 aliphatic heterocycles. The van der Waals surface area contributed by atoms with Gasteiger partial charge >= 0.3 is 18.1 Å². The van der Waals surface area contributed by atoms with E-state index in [9.17, 15) is 107 Å². The van der Waals surface area contributed by atoms with Gasteiger partial charge in [-0.2, -0.15) is 17.0 Å². The zero-order chi connectivity index (χ0) is 113. The van der Waals surface area contributed by atoms with Crippen molar-refractivity contribution in [2.45, 2.75) is 313 Å². The van der Waals surface area contributed by atoms with E-state index in [1.165, 1.54) is 79.9 Å². The summed E-state index contributed by atoms with van der Waals surface area (Å²) in [5.74, 6) is -9.42. The Labute approximate surface area is 883 Å². The van der Waals surface area contributed by atoms with Crippen LogP contribution in [0.15, 0.2) is 71.0 Å². The van der Waals surface area contributed by atoms with Gasteiger partial charge < -0.3 is 78.9 Å². The maximum Gasteiger partial charge on any atom is 0.315 e. The summed E-state index contributed by atoms with van der Waals surface area (Å²) in [6.45, 7) is 51.2. The summed E-state index contributed by atoms with van der Waals surface area (Å²) in [7, 11) is -9.02. The molecule has 2 aromatic rings. The van der Waals surface area contributed by atoms with Gasteiger partial charge in [0.25, 0.3) is 59.8 Å². The summed E-state index contributed by atoms with van der Waals surface area (Å²) < 4.78 is 82.9. The van der Waals surface area contributed by atoms with E-state index in [4.69, 9.17) is 5.73 Å². The maximum atomic E-state index is 14.4. The van der Waals surface area contributed by atoms with Crippen LogP contribution < -0.4 is 64.2 Å². The number of likely N-dealkylation sites (N-methyl/N-ethyl adjacent to an activating group) is 2. The number of piperidine rings is 3. The third-order valence-electron chi connectivity index (χ3n) is 32.6. The van der Waals surface area contributed by atoms with Gasteiger partial charge in [-0.1, -0.05) is 242 Å². The van der Waals surface area contributed by atoms with E-state index >= 15 is 0 Å². The number of carbonyl (C=O) groups is 17. The Kier molecular flexibility index (Phi) is 34.8. The van der Waals surface area contributed by atoms with Gasteiger partial charge in [0.05, 0.1) is 54.4 Å². The van der Waals surface area contributed by atoms with E-state index in [-0.39, 0.29) is 130 Å². The van der Waals surface area contributed by atoms with Crippen molar-refractivity contribution in [3.05, 3.63) is 72.3 Å². The van der Waals surface area contributed by atoms with Gasteiger partial charge in [-0.3, -0.25) is 67.1 Å². The summed E-state index contributed by atoms with van der Waals surface area (Å²) in [6.07, 6.45) is 7.49.